The third-order valence-corrected chi connectivity index (χ3v) is 2.95. The number of hydrogen-bond donors (Lipinski definition) is 2. The Morgan fingerprint density at radius 3 is 2.67 bits per heavy atom. The summed E-state index contributed by atoms with van der Waals surface area (Å²) in [6, 6.07) is 8.12. The second kappa shape index (κ2) is 5.87. The molecule has 1 amide bonds. The number of nitrogens with two attached hydrogens (primary N) is 1. The summed E-state index contributed by atoms with van der Waals surface area (Å²) in [5.74, 6) is 0.850. The molecule has 1 aliphatic carbocycles. The van der Waals surface area contributed by atoms with Crippen LogP contribution in [0.3, 0.4) is 0 Å². The Morgan fingerprint density at radius 1 is 1.44 bits per heavy atom. The summed E-state index contributed by atoms with van der Waals surface area (Å²) >= 11 is 0. The van der Waals surface area contributed by atoms with Crippen LogP contribution in [0.15, 0.2) is 24.3 Å². The minimum atomic E-state index is 0.0309. The lowest BCUT2D eigenvalue weighted by Gasteiger charge is -2.09. The fourth-order valence-electron chi connectivity index (χ4n) is 1.66. The van der Waals surface area contributed by atoms with Crippen molar-refractivity contribution in [2.24, 2.45) is 5.73 Å². The molecule has 0 heterocycles. The molecular formula is C14H20N2O2. The molecule has 0 spiro atoms. The Balaban J connectivity index is 1.70. The molecule has 0 saturated heterocycles. The summed E-state index contributed by atoms with van der Waals surface area (Å²) in [5, 5.41) is 2.93. The predicted octanol–water partition coefficient (Wildman–Crippen LogP) is 1.75. The van der Waals surface area contributed by atoms with E-state index in [1.807, 2.05) is 31.2 Å². The van der Waals surface area contributed by atoms with Gasteiger partial charge in [0.05, 0.1) is 13.0 Å². The third-order valence-electron chi connectivity index (χ3n) is 2.95. The molecule has 0 unspecified atom stereocenters. The molecule has 4 nitrogen and oxygen atoms in total. The Bertz CT molecular complexity index is 397. The van der Waals surface area contributed by atoms with Gasteiger partial charge in [0, 0.05) is 12.1 Å². The van der Waals surface area contributed by atoms with Gasteiger partial charge in [-0.05, 0) is 37.5 Å². The van der Waals surface area contributed by atoms with Crippen LogP contribution in [0.4, 0.5) is 0 Å². The van der Waals surface area contributed by atoms with Crippen LogP contribution in [0.1, 0.15) is 37.8 Å². The van der Waals surface area contributed by atoms with Crippen molar-refractivity contribution in [2.45, 2.75) is 38.3 Å². The van der Waals surface area contributed by atoms with Crippen LogP contribution in [-0.4, -0.2) is 18.6 Å². The minimum Gasteiger partial charge on any atom is -0.493 e. The van der Waals surface area contributed by atoms with Crippen LogP contribution >= 0.6 is 0 Å². The lowest BCUT2D eigenvalue weighted by molar-refractivity contribution is -0.121. The minimum absolute atomic E-state index is 0.0309. The predicted molar refractivity (Wildman–Crippen MR) is 70.3 cm³/mol. The van der Waals surface area contributed by atoms with E-state index < -0.39 is 0 Å². The van der Waals surface area contributed by atoms with Crippen molar-refractivity contribution in [3.63, 3.8) is 0 Å². The third kappa shape index (κ3) is 4.04. The number of nitrogens with one attached hydrogen (secondary N) is 1. The molecule has 1 fully saturated rings. The summed E-state index contributed by atoms with van der Waals surface area (Å²) < 4.78 is 5.51. The van der Waals surface area contributed by atoms with Gasteiger partial charge < -0.3 is 15.8 Å². The smallest absolute Gasteiger partial charge is 0.223 e. The molecule has 0 bridgehead atoms. The van der Waals surface area contributed by atoms with Crippen molar-refractivity contribution in [2.75, 3.05) is 6.61 Å². The van der Waals surface area contributed by atoms with Crippen molar-refractivity contribution in [3.8, 4) is 5.75 Å². The van der Waals surface area contributed by atoms with E-state index in [0.717, 1.165) is 24.2 Å². The van der Waals surface area contributed by atoms with Crippen molar-refractivity contribution in [3.05, 3.63) is 29.8 Å². The van der Waals surface area contributed by atoms with E-state index in [9.17, 15) is 4.79 Å². The molecule has 98 valence electrons. The quantitative estimate of drug-likeness (QED) is 0.806. The van der Waals surface area contributed by atoms with Gasteiger partial charge in [-0.3, -0.25) is 4.79 Å². The van der Waals surface area contributed by atoms with Gasteiger partial charge in [0.25, 0.3) is 0 Å². The molecule has 0 radical (unpaired) electrons. The average Bonchev–Trinajstić information content (AvgIpc) is 3.13. The van der Waals surface area contributed by atoms with Crippen molar-refractivity contribution < 1.29 is 9.53 Å². The highest BCUT2D eigenvalue weighted by Gasteiger charge is 2.22. The van der Waals surface area contributed by atoms with Crippen molar-refractivity contribution in [1.29, 1.82) is 0 Å². The zero-order valence-corrected chi connectivity index (χ0v) is 10.7. The van der Waals surface area contributed by atoms with Crippen LogP contribution in [0.2, 0.25) is 0 Å². The van der Waals surface area contributed by atoms with E-state index in [-0.39, 0.29) is 11.9 Å². The van der Waals surface area contributed by atoms with Gasteiger partial charge in [-0.2, -0.15) is 0 Å². The van der Waals surface area contributed by atoms with Crippen LogP contribution in [0.25, 0.3) is 0 Å². The van der Waals surface area contributed by atoms with Gasteiger partial charge in [-0.25, -0.2) is 0 Å². The fourth-order valence-corrected chi connectivity index (χ4v) is 1.66. The van der Waals surface area contributed by atoms with Gasteiger partial charge >= 0.3 is 0 Å². The summed E-state index contributed by atoms with van der Waals surface area (Å²) in [7, 11) is 0. The number of amides is 1. The molecule has 1 aromatic rings. The van der Waals surface area contributed by atoms with Crippen LogP contribution < -0.4 is 15.8 Å². The van der Waals surface area contributed by atoms with E-state index in [4.69, 9.17) is 10.5 Å². The second-order valence-corrected chi connectivity index (χ2v) is 4.80. The monoisotopic (exact) mass is 248 g/mol. The van der Waals surface area contributed by atoms with E-state index >= 15 is 0 Å². The van der Waals surface area contributed by atoms with Crippen LogP contribution in [-0.2, 0) is 4.79 Å². The Morgan fingerprint density at radius 2 is 2.11 bits per heavy atom. The highest BCUT2D eigenvalue weighted by Crippen LogP contribution is 2.19. The Hall–Kier alpha value is -1.55. The van der Waals surface area contributed by atoms with Crippen LogP contribution in [0, 0.1) is 0 Å². The van der Waals surface area contributed by atoms with Gasteiger partial charge in [-0.15, -0.1) is 0 Å². The van der Waals surface area contributed by atoms with Crippen molar-refractivity contribution in [1.82, 2.24) is 5.32 Å². The maximum Gasteiger partial charge on any atom is 0.223 e. The molecule has 0 aliphatic heterocycles. The van der Waals surface area contributed by atoms with Gasteiger partial charge in [-0.1, -0.05) is 12.1 Å². The number of ether oxygens (including phenoxy) is 1. The summed E-state index contributed by atoms with van der Waals surface area (Å²) in [6.07, 6.45) is 2.64. The lowest BCUT2D eigenvalue weighted by atomic mass is 10.1. The Labute approximate surface area is 108 Å². The first kappa shape index (κ1) is 12.9. The summed E-state index contributed by atoms with van der Waals surface area (Å²) in [5.41, 5.74) is 6.84. The first-order valence-electron chi connectivity index (χ1n) is 6.43. The first-order chi connectivity index (χ1) is 8.65. The van der Waals surface area contributed by atoms with E-state index in [2.05, 4.69) is 5.32 Å². The summed E-state index contributed by atoms with van der Waals surface area (Å²) in [6.45, 7) is 2.36. The maximum atomic E-state index is 11.4. The molecule has 18 heavy (non-hydrogen) atoms. The molecule has 1 saturated carbocycles. The van der Waals surface area contributed by atoms with Crippen LogP contribution in [0.5, 0.6) is 5.75 Å². The highest BCUT2D eigenvalue weighted by atomic mass is 16.5. The number of rotatable bonds is 6. The highest BCUT2D eigenvalue weighted by molar-refractivity contribution is 5.76. The fraction of sp³-hybridized carbons (Fsp3) is 0.500. The number of benzene rings is 1. The molecule has 4 heteroatoms. The summed E-state index contributed by atoms with van der Waals surface area (Å²) in [4.78, 5) is 11.4. The number of carbonyl (C=O) groups is 1. The zero-order chi connectivity index (χ0) is 13.0. The molecule has 1 atom stereocenters. The first-order valence-corrected chi connectivity index (χ1v) is 6.43. The van der Waals surface area contributed by atoms with Gasteiger partial charge in [0.15, 0.2) is 0 Å². The Kier molecular flexibility index (Phi) is 4.20. The molecule has 0 aromatic heterocycles. The van der Waals surface area contributed by atoms with Gasteiger partial charge in [0.2, 0.25) is 5.91 Å². The van der Waals surface area contributed by atoms with E-state index in [0.29, 0.717) is 19.1 Å². The molecule has 3 N–H and O–H groups in total. The largest absolute Gasteiger partial charge is 0.493 e. The van der Waals surface area contributed by atoms with Gasteiger partial charge in [0.1, 0.15) is 5.75 Å². The van der Waals surface area contributed by atoms with E-state index in [1.54, 1.807) is 0 Å². The SMILES string of the molecule is C[C@H](N)c1ccc(OCCC(=O)NC2CC2)cc1. The second-order valence-electron chi connectivity index (χ2n) is 4.80. The van der Waals surface area contributed by atoms with Crippen molar-refractivity contribution >= 4 is 5.91 Å². The lowest BCUT2D eigenvalue weighted by Crippen LogP contribution is -2.26. The molecular weight excluding hydrogens is 228 g/mol. The normalized spacial score (nSPS) is 16.1. The topological polar surface area (TPSA) is 64.3 Å². The zero-order valence-electron chi connectivity index (χ0n) is 10.7. The standard InChI is InChI=1S/C14H20N2O2/c1-10(15)11-2-6-13(7-3-11)18-9-8-14(17)16-12-4-5-12/h2-3,6-7,10,12H,4-5,8-9,15H2,1H3,(H,16,17)/t10-/m0/s1. The molecule has 1 aromatic carbocycles. The van der Waals surface area contributed by atoms with E-state index in [1.165, 1.54) is 0 Å². The molecule has 2 rings (SSSR count). The number of carbonyl (C=O) groups excluding carboxylic acids is 1. The number of hydrogen-bond acceptors (Lipinski definition) is 3. The maximum absolute atomic E-state index is 11.4. The average molecular weight is 248 g/mol. The molecule has 1 aliphatic rings.